The Hall–Kier alpha value is -5.30. The van der Waals surface area contributed by atoms with E-state index in [2.05, 4.69) is 50.7 Å². The Labute approximate surface area is 211 Å². The molecule has 5 aromatic rings. The lowest BCUT2D eigenvalue weighted by Crippen LogP contribution is -2.23. The maximum absolute atomic E-state index is 12.8. The maximum atomic E-state index is 12.8. The Balaban J connectivity index is 1.56. The van der Waals surface area contributed by atoms with Crippen LogP contribution in [0.25, 0.3) is 34.4 Å². The second kappa shape index (κ2) is 9.29. The highest BCUT2D eigenvalue weighted by atomic mass is 32.2. The number of hydrogen-bond acceptors (Lipinski definition) is 11. The molecule has 19 heteroatoms. The van der Waals surface area contributed by atoms with E-state index in [1.807, 2.05) is 0 Å². The molecule has 0 unspecified atom stereocenters. The monoisotopic (exact) mass is 540 g/mol. The molecule has 0 saturated carbocycles. The average Bonchev–Trinajstić information content (AvgIpc) is 3.68. The molecule has 0 amide bonds. The number of aromatic amines is 2. The molecule has 0 radical (unpaired) electrons. The van der Waals surface area contributed by atoms with Gasteiger partial charge in [0, 0.05) is 18.7 Å². The number of pyridine rings is 1. The molecule has 5 heterocycles. The first kappa shape index (κ1) is 24.4. The maximum Gasteiger partial charge on any atom is 0.353 e. The minimum atomic E-state index is -3.94. The first-order valence-corrected chi connectivity index (χ1v) is 12.1. The third-order valence-corrected chi connectivity index (χ3v) is 6.54. The lowest BCUT2D eigenvalue weighted by molar-refractivity contribution is 0.0679. The van der Waals surface area contributed by atoms with Crippen molar-refractivity contribution in [3.05, 3.63) is 48.0 Å². The largest absolute Gasteiger partial charge is 0.477 e. The Morgan fingerprint density at radius 3 is 1.71 bits per heavy atom. The van der Waals surface area contributed by atoms with Crippen molar-refractivity contribution in [2.24, 2.45) is 0 Å². The van der Waals surface area contributed by atoms with Gasteiger partial charge >= 0.3 is 11.9 Å². The molecule has 0 aliphatic heterocycles. The highest BCUT2D eigenvalue weighted by molar-refractivity contribution is 7.89. The second-order valence-electron chi connectivity index (χ2n) is 7.56. The van der Waals surface area contributed by atoms with Crippen molar-refractivity contribution in [2.45, 2.75) is 11.8 Å². The number of rotatable bonds is 9. The van der Waals surface area contributed by atoms with E-state index in [1.54, 1.807) is 6.92 Å². The van der Waals surface area contributed by atoms with Crippen LogP contribution in [0.15, 0.2) is 41.6 Å². The van der Waals surface area contributed by atoms with Crippen LogP contribution in [0.2, 0.25) is 0 Å². The van der Waals surface area contributed by atoms with Crippen LogP contribution in [0.4, 0.5) is 0 Å². The summed E-state index contributed by atoms with van der Waals surface area (Å²) < 4.78 is 30.4. The minimum absolute atomic E-state index is 0.113. The summed E-state index contributed by atoms with van der Waals surface area (Å²) in [5.74, 6) is -2.14. The molecular weight excluding hydrogens is 524 g/mol. The molecule has 5 N–H and O–H groups in total. The predicted octanol–water partition coefficient (Wildman–Crippen LogP) is -0.282. The molecule has 0 fully saturated rings. The quantitative estimate of drug-likeness (QED) is 0.161. The van der Waals surface area contributed by atoms with Gasteiger partial charge in [0.2, 0.25) is 10.0 Å². The van der Waals surface area contributed by atoms with Crippen LogP contribution >= 0.6 is 0 Å². The van der Waals surface area contributed by atoms with Gasteiger partial charge < -0.3 is 10.2 Å². The Kier molecular flexibility index (Phi) is 5.97. The van der Waals surface area contributed by atoms with Gasteiger partial charge in [-0.05, 0) is 12.1 Å². The van der Waals surface area contributed by atoms with E-state index in [9.17, 15) is 18.0 Å². The van der Waals surface area contributed by atoms with E-state index in [0.717, 1.165) is 0 Å². The molecule has 0 aliphatic carbocycles. The van der Waals surface area contributed by atoms with Gasteiger partial charge in [0.05, 0.1) is 28.7 Å². The fourth-order valence-electron chi connectivity index (χ4n) is 3.26. The summed E-state index contributed by atoms with van der Waals surface area (Å²) in [5.41, 5.74) is 0.220. The van der Waals surface area contributed by atoms with E-state index < -0.39 is 22.0 Å². The van der Waals surface area contributed by atoms with Gasteiger partial charge in [-0.15, -0.1) is 10.2 Å². The van der Waals surface area contributed by atoms with Gasteiger partial charge in [-0.1, -0.05) is 17.4 Å². The van der Waals surface area contributed by atoms with Gasteiger partial charge in [-0.25, -0.2) is 27.7 Å². The highest BCUT2D eigenvalue weighted by Crippen LogP contribution is 2.25. The number of carboxylic acids is 2. The summed E-state index contributed by atoms with van der Waals surface area (Å²) in [6, 6.07) is 5.07. The molecule has 0 atom stereocenters. The van der Waals surface area contributed by atoms with Crippen LogP contribution in [0.1, 0.15) is 27.9 Å². The Morgan fingerprint density at radius 1 is 0.842 bits per heavy atom. The third-order valence-electron chi connectivity index (χ3n) is 5.01. The van der Waals surface area contributed by atoms with Gasteiger partial charge in [0.25, 0.3) is 0 Å². The van der Waals surface area contributed by atoms with Crippen LogP contribution in [0.5, 0.6) is 0 Å². The van der Waals surface area contributed by atoms with E-state index in [-0.39, 0.29) is 57.2 Å². The van der Waals surface area contributed by atoms with Gasteiger partial charge in [-0.3, -0.25) is 10.2 Å². The summed E-state index contributed by atoms with van der Waals surface area (Å²) in [6.07, 6.45) is 2.79. The van der Waals surface area contributed by atoms with Crippen molar-refractivity contribution in [1.29, 1.82) is 0 Å². The Morgan fingerprint density at radius 2 is 1.32 bits per heavy atom. The van der Waals surface area contributed by atoms with Crippen LogP contribution in [0, 0.1) is 0 Å². The fraction of sp³-hybridized carbons (Fsp3) is 0.105. The summed E-state index contributed by atoms with van der Waals surface area (Å²) in [7, 11) is -3.94. The van der Waals surface area contributed by atoms with Crippen LogP contribution in [0.3, 0.4) is 0 Å². The predicted molar refractivity (Wildman–Crippen MR) is 124 cm³/mol. The van der Waals surface area contributed by atoms with Gasteiger partial charge in [0.15, 0.2) is 11.6 Å². The number of nitrogens with one attached hydrogen (secondary N) is 3. The third kappa shape index (κ3) is 4.60. The number of aromatic carboxylic acids is 2. The number of nitrogens with zero attached hydrogens (tertiary/aromatic N) is 9. The first-order chi connectivity index (χ1) is 18.1. The molecule has 5 rings (SSSR count). The fourth-order valence-corrected chi connectivity index (χ4v) is 4.34. The average molecular weight is 540 g/mol. The molecule has 0 aromatic carbocycles. The number of sulfonamides is 1. The van der Waals surface area contributed by atoms with Crippen molar-refractivity contribution in [3.8, 4) is 34.4 Å². The molecule has 18 nitrogen and oxygen atoms in total. The molecule has 38 heavy (non-hydrogen) atoms. The van der Waals surface area contributed by atoms with E-state index in [4.69, 9.17) is 10.2 Å². The number of aromatic nitrogens is 11. The molecule has 194 valence electrons. The molecular formula is C19H16N12O6S. The number of H-pyrrole nitrogens is 2. The van der Waals surface area contributed by atoms with Crippen molar-refractivity contribution < 1.29 is 28.2 Å². The molecule has 0 bridgehead atoms. The van der Waals surface area contributed by atoms with Gasteiger partial charge in [-0.2, -0.15) is 19.6 Å². The number of carbonyl (C=O) groups is 2. The van der Waals surface area contributed by atoms with Crippen LogP contribution < -0.4 is 4.72 Å². The van der Waals surface area contributed by atoms with E-state index >= 15 is 0 Å². The van der Waals surface area contributed by atoms with E-state index in [0.29, 0.717) is 0 Å². The zero-order chi connectivity index (χ0) is 27.0. The van der Waals surface area contributed by atoms with Crippen molar-refractivity contribution in [3.63, 3.8) is 0 Å². The summed E-state index contributed by atoms with van der Waals surface area (Å²) in [4.78, 5) is 26.6. The molecule has 0 spiro atoms. The second-order valence-corrected chi connectivity index (χ2v) is 9.33. The van der Waals surface area contributed by atoms with Gasteiger partial charge in [0.1, 0.15) is 22.8 Å². The highest BCUT2D eigenvalue weighted by Gasteiger charge is 2.21. The molecule has 5 aromatic heterocycles. The summed E-state index contributed by atoms with van der Waals surface area (Å²) in [5, 5.41) is 46.5. The van der Waals surface area contributed by atoms with Crippen LogP contribution in [-0.2, 0) is 10.0 Å². The standard InChI is InChI=1S/C19H16N12O6S/c1-2-20-38(36,37)9-3-10(14-7-30(28-24-14)16-5-12(18(32)33)22-26-16)21-11(4-9)15-8-31(29-25-15)17-6-13(19(34)35)23-27-17/h3-8,20H,2H2,1H3,(H,22,26)(H,23,27)(H,32,33)(H,34,35). The lowest BCUT2D eigenvalue weighted by atomic mass is 10.2. The zero-order valence-electron chi connectivity index (χ0n) is 19.1. The molecule has 0 aliphatic rings. The SMILES string of the molecule is CCNS(=O)(=O)c1cc(-c2cn(-c3cc(C(=O)O)[nH]n3)nn2)nc(-c2cn(-c3cc(C(=O)O)[nH]n3)nn2)c1. The molecule has 0 saturated heterocycles. The van der Waals surface area contributed by atoms with Crippen molar-refractivity contribution >= 4 is 22.0 Å². The summed E-state index contributed by atoms with van der Waals surface area (Å²) >= 11 is 0. The van der Waals surface area contributed by atoms with Crippen molar-refractivity contribution in [2.75, 3.05) is 6.54 Å². The first-order valence-electron chi connectivity index (χ1n) is 10.6. The minimum Gasteiger partial charge on any atom is -0.477 e. The zero-order valence-corrected chi connectivity index (χ0v) is 19.9. The number of carboxylic acid groups (broad SMARTS) is 2. The van der Waals surface area contributed by atoms with Crippen LogP contribution in [-0.4, -0.2) is 92.5 Å². The number of hydrogen-bond donors (Lipinski definition) is 5. The summed E-state index contributed by atoms with van der Waals surface area (Å²) in [6.45, 7) is 1.76. The normalized spacial score (nSPS) is 11.6. The topological polar surface area (TPSA) is 252 Å². The Bertz CT molecular complexity index is 1670. The van der Waals surface area contributed by atoms with E-state index in [1.165, 1.54) is 46.0 Å². The lowest BCUT2D eigenvalue weighted by Gasteiger charge is -2.08. The van der Waals surface area contributed by atoms with Crippen molar-refractivity contribution in [1.82, 2.24) is 60.1 Å². The smallest absolute Gasteiger partial charge is 0.353 e.